The zero-order valence-electron chi connectivity index (χ0n) is 14.3. The summed E-state index contributed by atoms with van der Waals surface area (Å²) >= 11 is 5.81. The van der Waals surface area contributed by atoms with Gasteiger partial charge >= 0.3 is 6.18 Å². The van der Waals surface area contributed by atoms with Gasteiger partial charge in [0.25, 0.3) is 5.56 Å². The SMILES string of the molecule is COc1cccc(Cn2[nH]c(C(F)(F)F)c(Cc3ccc(Cl)cc3)c2=O)c1. The lowest BCUT2D eigenvalue weighted by Gasteiger charge is -2.07. The fraction of sp³-hybridized carbons (Fsp3) is 0.211. The van der Waals surface area contributed by atoms with E-state index in [0.29, 0.717) is 21.9 Å². The van der Waals surface area contributed by atoms with Gasteiger partial charge in [0.05, 0.1) is 19.2 Å². The number of ether oxygens (including phenoxy) is 1. The van der Waals surface area contributed by atoms with E-state index in [-0.39, 0.29) is 18.5 Å². The molecule has 0 saturated heterocycles. The number of halogens is 4. The molecule has 0 bridgehead atoms. The van der Waals surface area contributed by atoms with Crippen LogP contribution in [0.2, 0.25) is 5.02 Å². The minimum Gasteiger partial charge on any atom is -0.497 e. The maximum atomic E-state index is 13.4. The lowest BCUT2D eigenvalue weighted by molar-refractivity contribution is -0.142. The molecule has 0 fully saturated rings. The first-order valence-corrected chi connectivity index (χ1v) is 8.42. The van der Waals surface area contributed by atoms with Gasteiger partial charge in [-0.15, -0.1) is 0 Å². The van der Waals surface area contributed by atoms with Crippen LogP contribution in [0, 0.1) is 0 Å². The highest BCUT2D eigenvalue weighted by Gasteiger charge is 2.37. The second-order valence-electron chi connectivity index (χ2n) is 6.01. The molecule has 3 rings (SSSR count). The van der Waals surface area contributed by atoms with Gasteiger partial charge in [-0.2, -0.15) is 13.2 Å². The van der Waals surface area contributed by atoms with E-state index in [1.807, 2.05) is 0 Å². The number of nitrogens with one attached hydrogen (secondary N) is 1. The summed E-state index contributed by atoms with van der Waals surface area (Å²) in [4.78, 5) is 12.6. The van der Waals surface area contributed by atoms with Crippen molar-refractivity contribution in [2.24, 2.45) is 0 Å². The zero-order valence-corrected chi connectivity index (χ0v) is 15.1. The molecule has 1 N–H and O–H groups in total. The summed E-state index contributed by atoms with van der Waals surface area (Å²) in [6.45, 7) is -0.0280. The molecule has 0 unspecified atom stereocenters. The second-order valence-corrected chi connectivity index (χ2v) is 6.45. The average Bonchev–Trinajstić information content (AvgIpc) is 2.93. The summed E-state index contributed by atoms with van der Waals surface area (Å²) in [5.41, 5.74) is -0.864. The Hall–Kier alpha value is -2.67. The number of methoxy groups -OCH3 is 1. The first-order valence-electron chi connectivity index (χ1n) is 8.04. The molecule has 1 aromatic heterocycles. The Balaban J connectivity index is 1.99. The van der Waals surface area contributed by atoms with E-state index >= 15 is 0 Å². The van der Waals surface area contributed by atoms with Gasteiger partial charge in [0, 0.05) is 11.4 Å². The van der Waals surface area contributed by atoms with Crippen molar-refractivity contribution in [1.82, 2.24) is 9.78 Å². The third kappa shape index (κ3) is 4.36. The molecule has 0 aliphatic rings. The number of benzene rings is 2. The molecule has 142 valence electrons. The van der Waals surface area contributed by atoms with Crippen molar-refractivity contribution in [1.29, 1.82) is 0 Å². The average molecular weight is 397 g/mol. The molecule has 3 aromatic rings. The molecule has 27 heavy (non-hydrogen) atoms. The van der Waals surface area contributed by atoms with Gasteiger partial charge in [0.2, 0.25) is 0 Å². The van der Waals surface area contributed by atoms with Gasteiger partial charge < -0.3 is 4.74 Å². The van der Waals surface area contributed by atoms with Crippen LogP contribution in [-0.4, -0.2) is 16.9 Å². The monoisotopic (exact) mass is 396 g/mol. The minimum atomic E-state index is -4.67. The molecule has 0 aliphatic carbocycles. The maximum absolute atomic E-state index is 13.4. The summed E-state index contributed by atoms with van der Waals surface area (Å²) < 4.78 is 46.4. The minimum absolute atomic E-state index is 0.0280. The lowest BCUT2D eigenvalue weighted by Crippen LogP contribution is -2.20. The number of aromatic nitrogens is 2. The molecule has 0 radical (unpaired) electrons. The van der Waals surface area contributed by atoms with Crippen LogP contribution in [0.4, 0.5) is 13.2 Å². The first-order chi connectivity index (χ1) is 12.8. The molecular formula is C19H16ClF3N2O2. The molecule has 0 amide bonds. The molecule has 0 aliphatic heterocycles. The van der Waals surface area contributed by atoms with Crippen LogP contribution in [0.5, 0.6) is 5.75 Å². The largest absolute Gasteiger partial charge is 0.497 e. The summed E-state index contributed by atoms with van der Waals surface area (Å²) in [5.74, 6) is 0.560. The number of H-pyrrole nitrogens is 1. The van der Waals surface area contributed by atoms with Crippen LogP contribution < -0.4 is 10.3 Å². The second kappa shape index (κ2) is 7.52. The van der Waals surface area contributed by atoms with E-state index in [1.54, 1.807) is 48.5 Å². The first kappa shape index (κ1) is 19.1. The van der Waals surface area contributed by atoms with Gasteiger partial charge in [0.1, 0.15) is 11.4 Å². The highest BCUT2D eigenvalue weighted by Crippen LogP contribution is 2.30. The van der Waals surface area contributed by atoms with E-state index in [0.717, 1.165) is 4.68 Å². The van der Waals surface area contributed by atoms with Gasteiger partial charge in [-0.25, -0.2) is 4.68 Å². The van der Waals surface area contributed by atoms with Gasteiger partial charge in [-0.1, -0.05) is 35.9 Å². The Bertz CT molecular complexity index is 991. The normalized spacial score (nSPS) is 11.6. The standard InChI is InChI=1S/C19H16ClF3N2O2/c1-27-15-4-2-3-13(9-15)11-25-18(26)16(17(24-25)19(21,22)23)10-12-5-7-14(20)8-6-12/h2-9,24H,10-11H2,1H3. The molecule has 2 aromatic carbocycles. The highest BCUT2D eigenvalue weighted by atomic mass is 35.5. The molecule has 0 spiro atoms. The van der Waals surface area contributed by atoms with E-state index in [1.165, 1.54) is 7.11 Å². The fourth-order valence-corrected chi connectivity index (χ4v) is 2.92. The summed E-state index contributed by atoms with van der Waals surface area (Å²) in [6.07, 6.45) is -4.81. The Morgan fingerprint density at radius 1 is 1.11 bits per heavy atom. The molecule has 1 heterocycles. The third-order valence-corrected chi connectivity index (χ3v) is 4.36. The van der Waals surface area contributed by atoms with Crippen molar-refractivity contribution >= 4 is 11.6 Å². The number of aromatic amines is 1. The molecular weight excluding hydrogens is 381 g/mol. The van der Waals surface area contributed by atoms with Crippen molar-refractivity contribution in [3.05, 3.63) is 86.3 Å². The van der Waals surface area contributed by atoms with E-state index in [4.69, 9.17) is 16.3 Å². The van der Waals surface area contributed by atoms with Crippen molar-refractivity contribution in [2.75, 3.05) is 7.11 Å². The van der Waals surface area contributed by atoms with Crippen molar-refractivity contribution in [3.8, 4) is 5.75 Å². The maximum Gasteiger partial charge on any atom is 0.433 e. The number of hydrogen-bond donors (Lipinski definition) is 1. The summed E-state index contributed by atoms with van der Waals surface area (Å²) in [6, 6.07) is 13.1. The van der Waals surface area contributed by atoms with Crippen LogP contribution >= 0.6 is 11.6 Å². The van der Waals surface area contributed by atoms with Crippen LogP contribution in [0.25, 0.3) is 0 Å². The smallest absolute Gasteiger partial charge is 0.433 e. The Labute approximate surface area is 158 Å². The highest BCUT2D eigenvalue weighted by molar-refractivity contribution is 6.30. The van der Waals surface area contributed by atoms with Crippen LogP contribution in [0.1, 0.15) is 22.4 Å². The Kier molecular flexibility index (Phi) is 5.32. The molecule has 4 nitrogen and oxygen atoms in total. The van der Waals surface area contributed by atoms with Crippen LogP contribution in [0.15, 0.2) is 53.3 Å². The predicted octanol–water partition coefficient (Wildman–Crippen LogP) is 4.50. The van der Waals surface area contributed by atoms with E-state index in [9.17, 15) is 18.0 Å². The van der Waals surface area contributed by atoms with E-state index in [2.05, 4.69) is 5.10 Å². The zero-order chi connectivity index (χ0) is 19.6. The number of rotatable bonds is 5. The lowest BCUT2D eigenvalue weighted by atomic mass is 10.1. The quantitative estimate of drug-likeness (QED) is 0.690. The number of alkyl halides is 3. The number of nitrogens with zero attached hydrogens (tertiary/aromatic N) is 1. The Morgan fingerprint density at radius 2 is 1.81 bits per heavy atom. The Morgan fingerprint density at radius 3 is 2.44 bits per heavy atom. The van der Waals surface area contributed by atoms with E-state index < -0.39 is 17.4 Å². The molecule has 8 heteroatoms. The number of hydrogen-bond acceptors (Lipinski definition) is 2. The summed E-state index contributed by atoms with van der Waals surface area (Å²) in [7, 11) is 1.49. The molecule has 0 saturated carbocycles. The molecule has 0 atom stereocenters. The van der Waals surface area contributed by atoms with Crippen LogP contribution in [0.3, 0.4) is 0 Å². The van der Waals surface area contributed by atoms with Crippen LogP contribution in [-0.2, 0) is 19.1 Å². The van der Waals surface area contributed by atoms with Crippen molar-refractivity contribution in [2.45, 2.75) is 19.1 Å². The summed E-state index contributed by atoms with van der Waals surface area (Å²) in [5, 5.41) is 2.69. The van der Waals surface area contributed by atoms with Crippen molar-refractivity contribution in [3.63, 3.8) is 0 Å². The van der Waals surface area contributed by atoms with Gasteiger partial charge in [0.15, 0.2) is 0 Å². The van der Waals surface area contributed by atoms with Gasteiger partial charge in [-0.3, -0.25) is 9.89 Å². The predicted molar refractivity (Wildman–Crippen MR) is 96.4 cm³/mol. The van der Waals surface area contributed by atoms with Gasteiger partial charge in [-0.05, 0) is 35.4 Å². The fourth-order valence-electron chi connectivity index (χ4n) is 2.79. The topological polar surface area (TPSA) is 47.0 Å². The van der Waals surface area contributed by atoms with Crippen molar-refractivity contribution < 1.29 is 17.9 Å². The third-order valence-electron chi connectivity index (χ3n) is 4.10.